The molecule has 2 aromatic carbocycles. The third kappa shape index (κ3) is 4.60. The summed E-state index contributed by atoms with van der Waals surface area (Å²) >= 11 is 6.11. The highest BCUT2D eigenvalue weighted by Gasteiger charge is 2.12. The van der Waals surface area contributed by atoms with Crippen LogP contribution in [0.15, 0.2) is 54.6 Å². The van der Waals surface area contributed by atoms with E-state index in [2.05, 4.69) is 26.7 Å². The summed E-state index contributed by atoms with van der Waals surface area (Å²) in [5, 5.41) is 15.7. The zero-order valence-corrected chi connectivity index (χ0v) is 15.3. The van der Waals surface area contributed by atoms with E-state index in [1.807, 2.05) is 24.3 Å². The van der Waals surface area contributed by atoms with Crippen molar-refractivity contribution in [1.29, 1.82) is 5.26 Å². The Bertz CT molecular complexity index is 1030. The number of hydrogen-bond donors (Lipinski definition) is 2. The predicted molar refractivity (Wildman–Crippen MR) is 104 cm³/mol. The number of amides is 1. The number of rotatable bonds is 5. The zero-order chi connectivity index (χ0) is 19.2. The second-order valence-electron chi connectivity index (χ2n) is 5.74. The van der Waals surface area contributed by atoms with Gasteiger partial charge in [-0.05, 0) is 30.7 Å². The van der Waals surface area contributed by atoms with Crippen molar-refractivity contribution < 1.29 is 4.79 Å². The number of nitrogens with one attached hydrogen (secondary N) is 2. The summed E-state index contributed by atoms with van der Waals surface area (Å²) in [4.78, 5) is 21.0. The van der Waals surface area contributed by atoms with Gasteiger partial charge >= 0.3 is 0 Å². The van der Waals surface area contributed by atoms with E-state index in [4.69, 9.17) is 11.6 Å². The summed E-state index contributed by atoms with van der Waals surface area (Å²) < 4.78 is 0. The van der Waals surface area contributed by atoms with Gasteiger partial charge < -0.3 is 10.6 Å². The maximum absolute atomic E-state index is 12.5. The molecule has 3 aromatic rings. The third-order valence-corrected chi connectivity index (χ3v) is 4.15. The van der Waals surface area contributed by atoms with E-state index in [9.17, 15) is 10.1 Å². The number of anilines is 2. The molecule has 0 fully saturated rings. The number of halogens is 1. The van der Waals surface area contributed by atoms with Crippen LogP contribution in [0.2, 0.25) is 5.02 Å². The maximum Gasteiger partial charge on any atom is 0.270 e. The van der Waals surface area contributed by atoms with E-state index in [-0.39, 0.29) is 11.6 Å². The number of hydrogen-bond acceptors (Lipinski definition) is 5. The summed E-state index contributed by atoms with van der Waals surface area (Å²) in [5.41, 5.74) is 2.14. The van der Waals surface area contributed by atoms with Crippen LogP contribution in [0.5, 0.6) is 0 Å². The minimum Gasteiger partial charge on any atom is -0.347 e. The van der Waals surface area contributed by atoms with Crippen molar-refractivity contribution in [3.63, 3.8) is 0 Å². The highest BCUT2D eigenvalue weighted by molar-refractivity contribution is 6.31. The minimum absolute atomic E-state index is 0.228. The zero-order valence-electron chi connectivity index (χ0n) is 14.5. The van der Waals surface area contributed by atoms with Crippen LogP contribution in [-0.2, 0) is 6.54 Å². The first-order valence-electron chi connectivity index (χ1n) is 8.20. The van der Waals surface area contributed by atoms with Gasteiger partial charge in [0.2, 0.25) is 0 Å². The highest BCUT2D eigenvalue weighted by atomic mass is 35.5. The Morgan fingerprint density at radius 3 is 2.67 bits per heavy atom. The SMILES string of the molecule is Cc1nc(Nc2ccccc2C#N)cc(C(=O)NCc2ccccc2Cl)n1. The number of aromatic nitrogens is 2. The normalized spacial score (nSPS) is 10.1. The van der Waals surface area contributed by atoms with E-state index in [1.54, 1.807) is 37.3 Å². The Morgan fingerprint density at radius 2 is 1.89 bits per heavy atom. The molecule has 0 aliphatic heterocycles. The fraction of sp³-hybridized carbons (Fsp3) is 0.100. The Labute approximate surface area is 161 Å². The molecule has 0 saturated heterocycles. The third-order valence-electron chi connectivity index (χ3n) is 3.78. The molecule has 27 heavy (non-hydrogen) atoms. The highest BCUT2D eigenvalue weighted by Crippen LogP contribution is 2.19. The lowest BCUT2D eigenvalue weighted by Gasteiger charge is -2.10. The van der Waals surface area contributed by atoms with Crippen LogP contribution in [-0.4, -0.2) is 15.9 Å². The van der Waals surface area contributed by atoms with Gasteiger partial charge in [0.15, 0.2) is 0 Å². The van der Waals surface area contributed by atoms with Crippen molar-refractivity contribution in [2.45, 2.75) is 13.5 Å². The van der Waals surface area contributed by atoms with Crippen molar-refractivity contribution in [1.82, 2.24) is 15.3 Å². The van der Waals surface area contributed by atoms with Gasteiger partial charge in [-0.2, -0.15) is 5.26 Å². The fourth-order valence-electron chi connectivity index (χ4n) is 2.48. The van der Waals surface area contributed by atoms with Crippen LogP contribution in [0.4, 0.5) is 11.5 Å². The van der Waals surface area contributed by atoms with Gasteiger partial charge in [-0.25, -0.2) is 9.97 Å². The molecule has 0 atom stereocenters. The number of nitrogens with zero attached hydrogens (tertiary/aromatic N) is 3. The van der Waals surface area contributed by atoms with Crippen LogP contribution in [0, 0.1) is 18.3 Å². The van der Waals surface area contributed by atoms with Gasteiger partial charge in [-0.1, -0.05) is 41.9 Å². The molecule has 3 rings (SSSR count). The van der Waals surface area contributed by atoms with Crippen molar-refractivity contribution in [2.24, 2.45) is 0 Å². The number of carbonyl (C=O) groups is 1. The molecule has 0 unspecified atom stereocenters. The van der Waals surface area contributed by atoms with Gasteiger partial charge in [0.25, 0.3) is 5.91 Å². The molecule has 1 amide bonds. The Kier molecular flexibility index (Phi) is 5.64. The molecular formula is C20H16ClN5O. The monoisotopic (exact) mass is 377 g/mol. The molecule has 134 valence electrons. The van der Waals surface area contributed by atoms with Crippen molar-refractivity contribution >= 4 is 29.0 Å². The van der Waals surface area contributed by atoms with Crippen molar-refractivity contribution in [3.05, 3.63) is 82.3 Å². The fourth-order valence-corrected chi connectivity index (χ4v) is 2.69. The lowest BCUT2D eigenvalue weighted by molar-refractivity contribution is 0.0945. The van der Waals surface area contributed by atoms with Gasteiger partial charge in [0.1, 0.15) is 23.4 Å². The van der Waals surface area contributed by atoms with Gasteiger partial charge in [0, 0.05) is 17.6 Å². The van der Waals surface area contributed by atoms with Crippen LogP contribution >= 0.6 is 11.6 Å². The van der Waals surface area contributed by atoms with E-state index in [0.29, 0.717) is 34.5 Å². The van der Waals surface area contributed by atoms with Crippen molar-refractivity contribution in [3.8, 4) is 6.07 Å². The van der Waals surface area contributed by atoms with Crippen LogP contribution in [0.3, 0.4) is 0 Å². The first-order chi connectivity index (χ1) is 13.1. The molecule has 6 nitrogen and oxygen atoms in total. The van der Waals surface area contributed by atoms with Gasteiger partial charge in [-0.15, -0.1) is 0 Å². The lowest BCUT2D eigenvalue weighted by Crippen LogP contribution is -2.24. The minimum atomic E-state index is -0.336. The quantitative estimate of drug-likeness (QED) is 0.701. The Hall–Kier alpha value is -3.43. The molecule has 0 bridgehead atoms. The Morgan fingerprint density at radius 1 is 1.15 bits per heavy atom. The standard InChI is InChI=1S/C20H16ClN5O/c1-13-24-18(20(27)23-12-15-7-2-4-8-16(15)21)10-19(25-13)26-17-9-5-3-6-14(17)11-22/h2-10H,12H2,1H3,(H,23,27)(H,24,25,26). The largest absolute Gasteiger partial charge is 0.347 e. The number of aryl methyl sites for hydroxylation is 1. The molecule has 0 aliphatic carbocycles. The van der Waals surface area contributed by atoms with E-state index in [0.717, 1.165) is 5.56 Å². The summed E-state index contributed by atoms with van der Waals surface area (Å²) in [7, 11) is 0. The predicted octanol–water partition coefficient (Wildman–Crippen LogP) is 3.98. The Balaban J connectivity index is 1.77. The molecule has 7 heteroatoms. The molecule has 1 aromatic heterocycles. The molecule has 0 spiro atoms. The van der Waals surface area contributed by atoms with Crippen LogP contribution < -0.4 is 10.6 Å². The van der Waals surface area contributed by atoms with E-state index < -0.39 is 0 Å². The molecule has 0 radical (unpaired) electrons. The summed E-state index contributed by atoms with van der Waals surface area (Å²) in [6.07, 6.45) is 0. The maximum atomic E-state index is 12.5. The average molecular weight is 378 g/mol. The summed E-state index contributed by atoms with van der Waals surface area (Å²) in [5.74, 6) is 0.544. The number of benzene rings is 2. The second-order valence-corrected chi connectivity index (χ2v) is 6.15. The summed E-state index contributed by atoms with van der Waals surface area (Å²) in [6.45, 7) is 1.99. The van der Waals surface area contributed by atoms with Crippen LogP contribution in [0.1, 0.15) is 27.4 Å². The summed E-state index contributed by atoms with van der Waals surface area (Å²) in [6, 6.07) is 18.0. The topological polar surface area (TPSA) is 90.7 Å². The number of carbonyl (C=O) groups excluding carboxylic acids is 1. The average Bonchev–Trinajstić information content (AvgIpc) is 2.67. The van der Waals surface area contributed by atoms with E-state index >= 15 is 0 Å². The number of para-hydroxylation sites is 1. The number of nitriles is 1. The van der Waals surface area contributed by atoms with E-state index in [1.165, 1.54) is 0 Å². The molecule has 1 heterocycles. The second kappa shape index (κ2) is 8.30. The first kappa shape index (κ1) is 18.4. The molecule has 2 N–H and O–H groups in total. The molecule has 0 saturated carbocycles. The molecule has 0 aliphatic rings. The molecular weight excluding hydrogens is 362 g/mol. The lowest BCUT2D eigenvalue weighted by atomic mass is 10.2. The smallest absolute Gasteiger partial charge is 0.270 e. The van der Waals surface area contributed by atoms with Crippen molar-refractivity contribution in [2.75, 3.05) is 5.32 Å². The van der Waals surface area contributed by atoms with Gasteiger partial charge in [-0.3, -0.25) is 4.79 Å². The van der Waals surface area contributed by atoms with Crippen LogP contribution in [0.25, 0.3) is 0 Å². The first-order valence-corrected chi connectivity index (χ1v) is 8.58. The van der Waals surface area contributed by atoms with Gasteiger partial charge in [0.05, 0.1) is 11.3 Å².